The summed E-state index contributed by atoms with van der Waals surface area (Å²) >= 11 is 0. The molecule has 1 fully saturated rings. The second-order valence-electron chi connectivity index (χ2n) is 7.83. The van der Waals surface area contributed by atoms with Crippen molar-refractivity contribution in [3.8, 4) is 5.75 Å². The Bertz CT molecular complexity index is 749. The number of benzene rings is 1. The van der Waals surface area contributed by atoms with Crippen LogP contribution in [-0.2, 0) is 9.53 Å². The zero-order valence-corrected chi connectivity index (χ0v) is 17.0. The molecule has 0 spiro atoms. The van der Waals surface area contributed by atoms with Gasteiger partial charge in [0, 0.05) is 25.3 Å². The highest BCUT2D eigenvalue weighted by atomic mass is 16.5. The highest BCUT2D eigenvalue weighted by molar-refractivity contribution is 5.95. The number of methoxy groups -OCH3 is 2. The highest BCUT2D eigenvalue weighted by Gasteiger charge is 2.35. The topological polar surface area (TPSA) is 79.9 Å². The molecular formula is C21H29N3O4. The number of hydrogen-bond donors (Lipinski definition) is 2. The molecule has 0 unspecified atom stereocenters. The van der Waals surface area contributed by atoms with Gasteiger partial charge in [-0.15, -0.1) is 0 Å². The lowest BCUT2D eigenvalue weighted by Gasteiger charge is -2.37. The van der Waals surface area contributed by atoms with Crippen LogP contribution in [0.3, 0.4) is 0 Å². The van der Waals surface area contributed by atoms with E-state index in [1.165, 1.54) is 13.5 Å². The molecule has 1 aromatic carbocycles. The number of hydrogen-bond acceptors (Lipinski definition) is 5. The molecule has 2 aliphatic heterocycles. The molecule has 1 aromatic rings. The highest BCUT2D eigenvalue weighted by Crippen LogP contribution is 2.30. The molecule has 7 heteroatoms. The summed E-state index contributed by atoms with van der Waals surface area (Å²) in [6.07, 6.45) is 1.20. The SMILES string of the molecule is COC(=O)C1=C(CN2C[C@H](C)C[C@H](C)C2)NC(=O)N[C@@H]1c1ccc(OC)cc1. The third-order valence-corrected chi connectivity index (χ3v) is 5.33. The summed E-state index contributed by atoms with van der Waals surface area (Å²) in [6, 6.07) is 6.43. The molecule has 3 rings (SSSR count). The predicted octanol–water partition coefficient (Wildman–Crippen LogP) is 2.45. The van der Waals surface area contributed by atoms with Gasteiger partial charge in [-0.2, -0.15) is 0 Å². The fourth-order valence-corrected chi connectivity index (χ4v) is 4.28. The van der Waals surface area contributed by atoms with Gasteiger partial charge in [-0.3, -0.25) is 4.90 Å². The molecule has 28 heavy (non-hydrogen) atoms. The molecule has 0 aromatic heterocycles. The summed E-state index contributed by atoms with van der Waals surface area (Å²) in [7, 11) is 2.96. The monoisotopic (exact) mass is 387 g/mol. The number of esters is 1. The molecule has 0 radical (unpaired) electrons. The van der Waals surface area contributed by atoms with Crippen LogP contribution in [0.2, 0.25) is 0 Å². The zero-order chi connectivity index (χ0) is 20.3. The van der Waals surface area contributed by atoms with E-state index in [2.05, 4.69) is 29.4 Å². The predicted molar refractivity (Wildman–Crippen MR) is 106 cm³/mol. The number of likely N-dealkylation sites (tertiary alicyclic amines) is 1. The molecule has 7 nitrogen and oxygen atoms in total. The van der Waals surface area contributed by atoms with E-state index in [9.17, 15) is 9.59 Å². The van der Waals surface area contributed by atoms with E-state index in [1.54, 1.807) is 7.11 Å². The summed E-state index contributed by atoms with van der Waals surface area (Å²) in [5, 5.41) is 5.70. The molecule has 152 valence electrons. The van der Waals surface area contributed by atoms with E-state index in [0.717, 1.165) is 18.7 Å². The van der Waals surface area contributed by atoms with E-state index < -0.39 is 12.0 Å². The summed E-state index contributed by atoms with van der Waals surface area (Å²) in [5.41, 5.74) is 1.85. The number of carbonyl (C=O) groups is 2. The average molecular weight is 387 g/mol. The van der Waals surface area contributed by atoms with Crippen LogP contribution in [0, 0.1) is 11.8 Å². The maximum absolute atomic E-state index is 12.6. The van der Waals surface area contributed by atoms with Crippen molar-refractivity contribution in [2.24, 2.45) is 11.8 Å². The summed E-state index contributed by atoms with van der Waals surface area (Å²) < 4.78 is 10.3. The van der Waals surface area contributed by atoms with E-state index in [4.69, 9.17) is 9.47 Å². The minimum atomic E-state index is -0.568. The number of piperidine rings is 1. The van der Waals surface area contributed by atoms with Crippen molar-refractivity contribution in [3.05, 3.63) is 41.1 Å². The van der Waals surface area contributed by atoms with E-state index in [1.807, 2.05) is 24.3 Å². The quantitative estimate of drug-likeness (QED) is 0.759. The molecule has 2 amide bonds. The van der Waals surface area contributed by atoms with Crippen LogP contribution >= 0.6 is 0 Å². The first-order chi connectivity index (χ1) is 13.4. The van der Waals surface area contributed by atoms with Crippen molar-refractivity contribution in [2.75, 3.05) is 33.9 Å². The van der Waals surface area contributed by atoms with Crippen molar-refractivity contribution >= 4 is 12.0 Å². The van der Waals surface area contributed by atoms with Gasteiger partial charge in [0.15, 0.2) is 0 Å². The number of rotatable bonds is 5. The van der Waals surface area contributed by atoms with Crippen molar-refractivity contribution in [1.29, 1.82) is 0 Å². The molecule has 2 heterocycles. The first kappa shape index (κ1) is 20.2. The Hall–Kier alpha value is -2.54. The zero-order valence-electron chi connectivity index (χ0n) is 17.0. The average Bonchev–Trinajstić information content (AvgIpc) is 2.66. The molecule has 0 bridgehead atoms. The van der Waals surface area contributed by atoms with E-state index in [0.29, 0.717) is 35.4 Å². The van der Waals surface area contributed by atoms with Crippen LogP contribution in [0.25, 0.3) is 0 Å². The maximum atomic E-state index is 12.6. The summed E-state index contributed by atoms with van der Waals surface area (Å²) in [6.45, 7) is 6.87. The minimum Gasteiger partial charge on any atom is -0.497 e. The van der Waals surface area contributed by atoms with Gasteiger partial charge in [-0.05, 0) is 36.0 Å². The van der Waals surface area contributed by atoms with Gasteiger partial charge in [-0.25, -0.2) is 9.59 Å². The van der Waals surface area contributed by atoms with Crippen LogP contribution in [-0.4, -0.2) is 50.8 Å². The number of nitrogens with zero attached hydrogens (tertiary/aromatic N) is 1. The largest absolute Gasteiger partial charge is 0.497 e. The van der Waals surface area contributed by atoms with Gasteiger partial charge >= 0.3 is 12.0 Å². The van der Waals surface area contributed by atoms with Crippen molar-refractivity contribution in [3.63, 3.8) is 0 Å². The normalized spacial score (nSPS) is 25.7. The second-order valence-corrected chi connectivity index (χ2v) is 7.83. The lowest BCUT2D eigenvalue weighted by molar-refractivity contribution is -0.136. The Labute approximate surface area is 166 Å². The van der Waals surface area contributed by atoms with Crippen molar-refractivity contribution < 1.29 is 19.1 Å². The lowest BCUT2D eigenvalue weighted by Crippen LogP contribution is -2.50. The third kappa shape index (κ3) is 4.47. The Kier molecular flexibility index (Phi) is 6.24. The van der Waals surface area contributed by atoms with Crippen LogP contribution in [0.4, 0.5) is 4.79 Å². The van der Waals surface area contributed by atoms with E-state index in [-0.39, 0.29) is 6.03 Å². The first-order valence-corrected chi connectivity index (χ1v) is 9.66. The first-order valence-electron chi connectivity index (χ1n) is 9.66. The van der Waals surface area contributed by atoms with Gasteiger partial charge in [0.05, 0.1) is 25.8 Å². The number of carbonyl (C=O) groups excluding carboxylic acids is 2. The summed E-state index contributed by atoms with van der Waals surface area (Å²) in [4.78, 5) is 27.3. The molecule has 1 saturated heterocycles. The van der Waals surface area contributed by atoms with E-state index >= 15 is 0 Å². The fraction of sp³-hybridized carbons (Fsp3) is 0.524. The Morgan fingerprint density at radius 2 is 1.79 bits per heavy atom. The second kappa shape index (κ2) is 8.65. The molecule has 2 N–H and O–H groups in total. The van der Waals surface area contributed by atoms with Crippen LogP contribution < -0.4 is 15.4 Å². The Morgan fingerprint density at radius 1 is 1.14 bits per heavy atom. The number of nitrogens with one attached hydrogen (secondary N) is 2. The molecule has 0 saturated carbocycles. The van der Waals surface area contributed by atoms with Crippen molar-refractivity contribution in [2.45, 2.75) is 26.3 Å². The Morgan fingerprint density at radius 3 is 2.36 bits per heavy atom. The molecule has 2 aliphatic rings. The fourth-order valence-electron chi connectivity index (χ4n) is 4.28. The van der Waals surface area contributed by atoms with Gasteiger partial charge < -0.3 is 20.1 Å². The lowest BCUT2D eigenvalue weighted by atomic mass is 9.91. The Balaban J connectivity index is 1.95. The van der Waals surface area contributed by atoms with Crippen molar-refractivity contribution in [1.82, 2.24) is 15.5 Å². The van der Waals surface area contributed by atoms with Crippen LogP contribution in [0.1, 0.15) is 31.9 Å². The smallest absolute Gasteiger partial charge is 0.338 e. The van der Waals surface area contributed by atoms with Gasteiger partial charge in [-0.1, -0.05) is 26.0 Å². The number of amides is 2. The maximum Gasteiger partial charge on any atom is 0.338 e. The van der Waals surface area contributed by atoms with Gasteiger partial charge in [0.25, 0.3) is 0 Å². The molecular weight excluding hydrogens is 358 g/mol. The summed E-state index contributed by atoms with van der Waals surface area (Å²) in [5.74, 6) is 1.44. The van der Waals surface area contributed by atoms with Gasteiger partial charge in [0.2, 0.25) is 0 Å². The molecule has 0 aliphatic carbocycles. The van der Waals surface area contributed by atoms with Crippen LogP contribution in [0.15, 0.2) is 35.5 Å². The van der Waals surface area contributed by atoms with Crippen LogP contribution in [0.5, 0.6) is 5.75 Å². The number of urea groups is 1. The number of ether oxygens (including phenoxy) is 2. The third-order valence-electron chi connectivity index (χ3n) is 5.33. The van der Waals surface area contributed by atoms with Gasteiger partial charge in [0.1, 0.15) is 5.75 Å². The minimum absolute atomic E-state index is 0.318. The standard InChI is InChI=1S/C21H29N3O4/c1-13-9-14(2)11-24(10-13)12-17-18(20(25)28-4)19(23-21(26)22-17)15-5-7-16(27-3)8-6-15/h5-8,13-14,19H,9-12H2,1-4H3,(H2,22,23,26)/t13-,14+,19-/m1/s1. The molecule has 3 atom stereocenters.